The van der Waals surface area contributed by atoms with E-state index in [0.717, 1.165) is 5.56 Å². The van der Waals surface area contributed by atoms with E-state index in [1.807, 2.05) is 25.1 Å². The van der Waals surface area contributed by atoms with Crippen LogP contribution in [0.3, 0.4) is 0 Å². The summed E-state index contributed by atoms with van der Waals surface area (Å²) in [4.78, 5) is 12.4. The number of hydrogen-bond acceptors (Lipinski definition) is 6. The normalized spacial score (nSPS) is 11.5. The first-order valence-electron chi connectivity index (χ1n) is 8.42. The van der Waals surface area contributed by atoms with E-state index >= 15 is 0 Å². The van der Waals surface area contributed by atoms with Crippen LogP contribution in [0, 0.1) is 22.7 Å². The average molecular weight is 376 g/mol. The third kappa shape index (κ3) is 5.03. The summed E-state index contributed by atoms with van der Waals surface area (Å²) in [5, 5.41) is 23.8. The highest BCUT2D eigenvalue weighted by atomic mass is 16.5. The molecule has 0 radical (unpaired) electrons. The molecule has 0 saturated heterocycles. The summed E-state index contributed by atoms with van der Waals surface area (Å²) in [6, 6.07) is 15.6. The predicted molar refractivity (Wildman–Crippen MR) is 105 cm³/mol. The van der Waals surface area contributed by atoms with Gasteiger partial charge in [0.15, 0.2) is 11.5 Å². The smallest absolute Gasteiger partial charge is 0.263 e. The van der Waals surface area contributed by atoms with Crippen molar-refractivity contribution in [3.8, 4) is 23.6 Å². The summed E-state index contributed by atoms with van der Waals surface area (Å²) in [7, 11) is 3.09. The van der Waals surface area contributed by atoms with E-state index in [4.69, 9.17) is 14.7 Å². The fourth-order valence-electron chi connectivity index (χ4n) is 2.42. The van der Waals surface area contributed by atoms with Gasteiger partial charge < -0.3 is 20.1 Å². The molecule has 0 bridgehead atoms. The van der Waals surface area contributed by atoms with Crippen molar-refractivity contribution in [3.63, 3.8) is 0 Å². The maximum Gasteiger partial charge on any atom is 0.263 e. The molecule has 1 amide bonds. The molecule has 0 saturated carbocycles. The van der Waals surface area contributed by atoms with E-state index < -0.39 is 5.91 Å². The topological polar surface area (TPSA) is 107 Å². The van der Waals surface area contributed by atoms with Crippen LogP contribution < -0.4 is 20.1 Å². The second-order valence-corrected chi connectivity index (χ2v) is 5.81. The quantitative estimate of drug-likeness (QED) is 0.567. The summed E-state index contributed by atoms with van der Waals surface area (Å²) in [5.41, 5.74) is 1.92. The number of rotatable bonds is 7. The molecule has 142 valence electrons. The van der Waals surface area contributed by atoms with Crippen LogP contribution in [0.4, 0.5) is 5.69 Å². The summed E-state index contributed by atoms with van der Waals surface area (Å²) < 4.78 is 10.5. The molecule has 2 rings (SSSR count). The molecule has 2 aromatic carbocycles. The molecule has 0 aliphatic heterocycles. The number of hydrogen-bond donors (Lipinski definition) is 2. The summed E-state index contributed by atoms with van der Waals surface area (Å²) in [6.45, 7) is 1.81. The Bertz CT molecular complexity index is 953. The molecule has 0 aliphatic carbocycles. The summed E-state index contributed by atoms with van der Waals surface area (Å²) >= 11 is 0. The molecule has 0 heterocycles. The Balaban J connectivity index is 2.08. The van der Waals surface area contributed by atoms with Gasteiger partial charge in [0.05, 0.1) is 31.9 Å². The second-order valence-electron chi connectivity index (χ2n) is 5.81. The second kappa shape index (κ2) is 9.65. The number of methoxy groups -OCH3 is 2. The minimum atomic E-state index is -0.508. The first-order chi connectivity index (χ1) is 13.5. The standard InChI is InChI=1S/C21H20N4O3/c1-14(16-6-9-19(27-2)20(10-16)28-3)25-21(26)17(12-23)13-24-18-7-4-15(11-22)5-8-18/h4-10,13-14,24H,1-3H3,(H,25,26)/b17-13-. The van der Waals surface area contributed by atoms with Crippen molar-refractivity contribution >= 4 is 11.6 Å². The van der Waals surface area contributed by atoms with Crippen molar-refractivity contribution in [2.75, 3.05) is 19.5 Å². The SMILES string of the molecule is COc1ccc(C(C)NC(=O)/C(C#N)=C\Nc2ccc(C#N)cc2)cc1OC. The van der Waals surface area contributed by atoms with Crippen LogP contribution in [0.5, 0.6) is 11.5 Å². The summed E-state index contributed by atoms with van der Waals surface area (Å²) in [6.07, 6.45) is 1.33. The number of ether oxygens (including phenoxy) is 2. The van der Waals surface area contributed by atoms with E-state index in [9.17, 15) is 10.1 Å². The third-order valence-corrected chi connectivity index (χ3v) is 4.02. The van der Waals surface area contributed by atoms with E-state index in [0.29, 0.717) is 22.7 Å². The number of nitrogens with one attached hydrogen (secondary N) is 2. The monoisotopic (exact) mass is 376 g/mol. The van der Waals surface area contributed by atoms with Crippen molar-refractivity contribution in [1.82, 2.24) is 5.32 Å². The van der Waals surface area contributed by atoms with E-state index in [1.54, 1.807) is 43.5 Å². The zero-order valence-corrected chi connectivity index (χ0v) is 15.8. The molecular weight excluding hydrogens is 356 g/mol. The molecule has 0 aliphatic rings. The molecule has 28 heavy (non-hydrogen) atoms. The van der Waals surface area contributed by atoms with Crippen molar-refractivity contribution in [3.05, 3.63) is 65.4 Å². The highest BCUT2D eigenvalue weighted by Crippen LogP contribution is 2.29. The van der Waals surface area contributed by atoms with Gasteiger partial charge in [-0.15, -0.1) is 0 Å². The number of nitrogens with zero attached hydrogens (tertiary/aromatic N) is 2. The van der Waals surface area contributed by atoms with Gasteiger partial charge in [0, 0.05) is 11.9 Å². The fourth-order valence-corrected chi connectivity index (χ4v) is 2.42. The zero-order chi connectivity index (χ0) is 20.5. The molecule has 1 atom stereocenters. The Hall–Kier alpha value is -3.97. The Labute approximate surface area is 163 Å². The van der Waals surface area contributed by atoms with Gasteiger partial charge in [-0.25, -0.2) is 0 Å². The molecule has 7 nitrogen and oxygen atoms in total. The summed E-state index contributed by atoms with van der Waals surface area (Å²) in [5.74, 6) is 0.638. The number of carbonyl (C=O) groups excluding carboxylic acids is 1. The molecule has 0 spiro atoms. The van der Waals surface area contributed by atoms with Gasteiger partial charge in [0.2, 0.25) is 0 Å². The molecule has 2 N–H and O–H groups in total. The van der Waals surface area contributed by atoms with Gasteiger partial charge in [-0.1, -0.05) is 6.07 Å². The van der Waals surface area contributed by atoms with Gasteiger partial charge in [0.25, 0.3) is 5.91 Å². The first-order valence-corrected chi connectivity index (χ1v) is 8.42. The van der Waals surface area contributed by atoms with Crippen LogP contribution in [0.1, 0.15) is 24.1 Å². The fraction of sp³-hybridized carbons (Fsp3) is 0.190. The number of anilines is 1. The number of benzene rings is 2. The maximum atomic E-state index is 12.4. The third-order valence-electron chi connectivity index (χ3n) is 4.02. The van der Waals surface area contributed by atoms with E-state index in [1.165, 1.54) is 13.3 Å². The minimum absolute atomic E-state index is 0.0725. The largest absolute Gasteiger partial charge is 0.493 e. The zero-order valence-electron chi connectivity index (χ0n) is 15.8. The molecule has 7 heteroatoms. The molecule has 1 unspecified atom stereocenters. The minimum Gasteiger partial charge on any atom is -0.493 e. The number of carbonyl (C=O) groups is 1. The average Bonchev–Trinajstić information content (AvgIpc) is 2.73. The van der Waals surface area contributed by atoms with Crippen LogP contribution >= 0.6 is 0 Å². The molecule has 0 fully saturated rings. The lowest BCUT2D eigenvalue weighted by Gasteiger charge is -2.16. The van der Waals surface area contributed by atoms with Gasteiger partial charge >= 0.3 is 0 Å². The van der Waals surface area contributed by atoms with Crippen LogP contribution in [0.2, 0.25) is 0 Å². The van der Waals surface area contributed by atoms with Gasteiger partial charge in [-0.05, 0) is 48.9 Å². The number of amides is 1. The number of nitriles is 2. The Morgan fingerprint density at radius 1 is 1.07 bits per heavy atom. The van der Waals surface area contributed by atoms with Gasteiger partial charge in [-0.3, -0.25) is 4.79 Å². The lowest BCUT2D eigenvalue weighted by molar-refractivity contribution is -0.117. The van der Waals surface area contributed by atoms with Crippen LogP contribution in [0.15, 0.2) is 54.2 Å². The maximum absolute atomic E-state index is 12.4. The first kappa shape index (κ1) is 20.3. The molecular formula is C21H20N4O3. The predicted octanol–water partition coefficient (Wildman–Crippen LogP) is 3.27. The Morgan fingerprint density at radius 3 is 2.32 bits per heavy atom. The van der Waals surface area contributed by atoms with Crippen molar-refractivity contribution in [2.45, 2.75) is 13.0 Å². The van der Waals surface area contributed by atoms with Crippen molar-refractivity contribution in [2.24, 2.45) is 0 Å². The molecule has 2 aromatic rings. The van der Waals surface area contributed by atoms with E-state index in [2.05, 4.69) is 10.6 Å². The van der Waals surface area contributed by atoms with Crippen LogP contribution in [0.25, 0.3) is 0 Å². The van der Waals surface area contributed by atoms with Gasteiger partial charge in [-0.2, -0.15) is 10.5 Å². The van der Waals surface area contributed by atoms with Crippen LogP contribution in [-0.2, 0) is 4.79 Å². The lowest BCUT2D eigenvalue weighted by atomic mass is 10.1. The van der Waals surface area contributed by atoms with Crippen molar-refractivity contribution in [1.29, 1.82) is 10.5 Å². The molecule has 0 aromatic heterocycles. The van der Waals surface area contributed by atoms with Crippen LogP contribution in [-0.4, -0.2) is 20.1 Å². The van der Waals surface area contributed by atoms with Crippen molar-refractivity contribution < 1.29 is 14.3 Å². The highest BCUT2D eigenvalue weighted by Gasteiger charge is 2.15. The highest BCUT2D eigenvalue weighted by molar-refractivity contribution is 5.97. The van der Waals surface area contributed by atoms with E-state index in [-0.39, 0.29) is 11.6 Å². The Kier molecular flexibility index (Phi) is 7.01. The Morgan fingerprint density at radius 2 is 1.75 bits per heavy atom. The van der Waals surface area contributed by atoms with Gasteiger partial charge in [0.1, 0.15) is 11.6 Å². The lowest BCUT2D eigenvalue weighted by Crippen LogP contribution is -2.28.